The average molecular weight is 316 g/mol. The van der Waals surface area contributed by atoms with Crippen molar-refractivity contribution in [2.45, 2.75) is 45.1 Å². The third-order valence-electron chi connectivity index (χ3n) is 4.52. The van der Waals surface area contributed by atoms with Crippen LogP contribution < -0.4 is 4.90 Å². The Bertz CT molecular complexity index is 609. The highest BCUT2D eigenvalue weighted by Crippen LogP contribution is 2.36. The highest BCUT2D eigenvalue weighted by Gasteiger charge is 2.32. The van der Waals surface area contributed by atoms with Crippen molar-refractivity contribution < 1.29 is 0 Å². The minimum atomic E-state index is 0.484. The lowest BCUT2D eigenvalue weighted by Crippen LogP contribution is -2.35. The molecular formula is C18H22ClN3. The van der Waals surface area contributed by atoms with E-state index in [1.807, 2.05) is 13.0 Å². The lowest BCUT2D eigenvalue weighted by Gasteiger charge is -2.32. The summed E-state index contributed by atoms with van der Waals surface area (Å²) >= 11 is 6.13. The summed E-state index contributed by atoms with van der Waals surface area (Å²) < 4.78 is 0. The SMILES string of the molecule is CC[C@H](c1ccccc1)[C@@H]1CCCN1c1cc(Cl)nc(C)n1. The van der Waals surface area contributed by atoms with Crippen molar-refractivity contribution in [2.24, 2.45) is 0 Å². The molecule has 22 heavy (non-hydrogen) atoms. The molecule has 116 valence electrons. The van der Waals surface area contributed by atoms with Crippen molar-refractivity contribution in [1.82, 2.24) is 9.97 Å². The summed E-state index contributed by atoms with van der Waals surface area (Å²) in [5, 5.41) is 0.529. The van der Waals surface area contributed by atoms with Gasteiger partial charge >= 0.3 is 0 Å². The van der Waals surface area contributed by atoms with E-state index in [-0.39, 0.29) is 0 Å². The van der Waals surface area contributed by atoms with Gasteiger partial charge in [-0.15, -0.1) is 0 Å². The van der Waals surface area contributed by atoms with E-state index in [1.165, 1.54) is 18.4 Å². The fourth-order valence-corrected chi connectivity index (χ4v) is 3.81. The number of hydrogen-bond donors (Lipinski definition) is 0. The van der Waals surface area contributed by atoms with Gasteiger partial charge in [-0.05, 0) is 31.7 Å². The minimum absolute atomic E-state index is 0.484. The first-order valence-corrected chi connectivity index (χ1v) is 8.39. The van der Waals surface area contributed by atoms with E-state index >= 15 is 0 Å². The monoisotopic (exact) mass is 315 g/mol. The molecule has 3 nitrogen and oxygen atoms in total. The first-order chi connectivity index (χ1) is 10.7. The molecule has 0 aliphatic carbocycles. The standard InChI is InChI=1S/C18H22ClN3/c1-3-15(14-8-5-4-6-9-14)16-10-7-11-22(16)18-12-17(19)20-13(2)21-18/h4-6,8-9,12,15-16H,3,7,10-11H2,1-2H3/t15-,16+/m1/s1. The molecule has 0 amide bonds. The molecular weight excluding hydrogens is 294 g/mol. The van der Waals surface area contributed by atoms with Gasteiger partial charge < -0.3 is 4.90 Å². The normalized spacial score (nSPS) is 19.4. The zero-order valence-corrected chi connectivity index (χ0v) is 13.9. The Morgan fingerprint density at radius 1 is 1.27 bits per heavy atom. The van der Waals surface area contributed by atoms with Crippen LogP contribution in [0.4, 0.5) is 5.82 Å². The third-order valence-corrected chi connectivity index (χ3v) is 4.71. The van der Waals surface area contributed by atoms with Crippen molar-refractivity contribution in [2.75, 3.05) is 11.4 Å². The van der Waals surface area contributed by atoms with Gasteiger partial charge in [0.1, 0.15) is 16.8 Å². The summed E-state index contributed by atoms with van der Waals surface area (Å²) in [4.78, 5) is 11.2. The largest absolute Gasteiger partial charge is 0.353 e. The van der Waals surface area contributed by atoms with Gasteiger partial charge in [-0.2, -0.15) is 0 Å². The maximum atomic E-state index is 6.13. The highest BCUT2D eigenvalue weighted by molar-refractivity contribution is 6.29. The number of aromatic nitrogens is 2. The number of benzene rings is 1. The number of rotatable bonds is 4. The predicted molar refractivity (Wildman–Crippen MR) is 91.6 cm³/mol. The summed E-state index contributed by atoms with van der Waals surface area (Å²) in [5.74, 6) is 2.23. The molecule has 1 saturated heterocycles. The van der Waals surface area contributed by atoms with E-state index in [0.717, 1.165) is 24.6 Å². The molecule has 3 rings (SSSR count). The quantitative estimate of drug-likeness (QED) is 0.772. The second-order valence-corrected chi connectivity index (χ2v) is 6.31. The maximum absolute atomic E-state index is 6.13. The van der Waals surface area contributed by atoms with Crippen molar-refractivity contribution >= 4 is 17.4 Å². The molecule has 1 aliphatic heterocycles. The van der Waals surface area contributed by atoms with Gasteiger partial charge in [0.2, 0.25) is 0 Å². The Morgan fingerprint density at radius 3 is 2.73 bits per heavy atom. The molecule has 1 aliphatic rings. The van der Waals surface area contributed by atoms with E-state index in [9.17, 15) is 0 Å². The van der Waals surface area contributed by atoms with Gasteiger partial charge in [-0.1, -0.05) is 48.9 Å². The Morgan fingerprint density at radius 2 is 2.05 bits per heavy atom. The molecule has 1 aromatic carbocycles. The van der Waals surface area contributed by atoms with Crippen molar-refractivity contribution in [1.29, 1.82) is 0 Å². The van der Waals surface area contributed by atoms with Crippen LogP contribution in [-0.4, -0.2) is 22.6 Å². The van der Waals surface area contributed by atoms with Gasteiger partial charge in [-0.25, -0.2) is 9.97 Å². The van der Waals surface area contributed by atoms with Gasteiger partial charge in [-0.3, -0.25) is 0 Å². The Kier molecular flexibility index (Phi) is 4.63. The van der Waals surface area contributed by atoms with E-state index in [1.54, 1.807) is 0 Å². The van der Waals surface area contributed by atoms with E-state index in [4.69, 9.17) is 11.6 Å². The molecule has 0 saturated carbocycles. The van der Waals surface area contributed by atoms with Crippen LogP contribution in [0.3, 0.4) is 0 Å². The highest BCUT2D eigenvalue weighted by atomic mass is 35.5. The van der Waals surface area contributed by atoms with Crippen LogP contribution in [-0.2, 0) is 0 Å². The third kappa shape index (κ3) is 3.09. The molecule has 1 aromatic heterocycles. The molecule has 0 N–H and O–H groups in total. The molecule has 0 spiro atoms. The fourth-order valence-electron chi connectivity index (χ4n) is 3.59. The number of anilines is 1. The molecule has 0 radical (unpaired) electrons. The lowest BCUT2D eigenvalue weighted by atomic mass is 9.87. The zero-order chi connectivity index (χ0) is 15.5. The minimum Gasteiger partial charge on any atom is -0.353 e. The van der Waals surface area contributed by atoms with Crippen LogP contribution in [0.2, 0.25) is 5.15 Å². The molecule has 1 fully saturated rings. The van der Waals surface area contributed by atoms with Gasteiger partial charge in [0.25, 0.3) is 0 Å². The Hall–Kier alpha value is -1.61. The number of nitrogens with zero attached hydrogens (tertiary/aromatic N) is 3. The molecule has 2 aromatic rings. The van der Waals surface area contributed by atoms with Crippen LogP contribution >= 0.6 is 11.6 Å². The van der Waals surface area contributed by atoms with Crippen molar-refractivity contribution in [3.63, 3.8) is 0 Å². The fraction of sp³-hybridized carbons (Fsp3) is 0.444. The van der Waals surface area contributed by atoms with E-state index in [2.05, 4.69) is 52.1 Å². The number of aryl methyl sites for hydroxylation is 1. The number of hydrogen-bond acceptors (Lipinski definition) is 3. The summed E-state index contributed by atoms with van der Waals surface area (Å²) in [6.07, 6.45) is 3.53. The van der Waals surface area contributed by atoms with Crippen molar-refractivity contribution in [3.8, 4) is 0 Å². The van der Waals surface area contributed by atoms with Gasteiger partial charge in [0.05, 0.1) is 0 Å². The molecule has 2 heterocycles. The summed E-state index contributed by atoms with van der Waals surface area (Å²) in [5.41, 5.74) is 1.42. The summed E-state index contributed by atoms with van der Waals surface area (Å²) in [7, 11) is 0. The second kappa shape index (κ2) is 6.66. The van der Waals surface area contributed by atoms with Crippen LogP contribution in [0.5, 0.6) is 0 Å². The molecule has 4 heteroatoms. The average Bonchev–Trinajstić information content (AvgIpc) is 2.97. The summed E-state index contributed by atoms with van der Waals surface area (Å²) in [6.45, 7) is 5.21. The topological polar surface area (TPSA) is 29.0 Å². The molecule has 0 unspecified atom stereocenters. The van der Waals surface area contributed by atoms with E-state index in [0.29, 0.717) is 17.1 Å². The lowest BCUT2D eigenvalue weighted by molar-refractivity contribution is 0.513. The zero-order valence-electron chi connectivity index (χ0n) is 13.2. The second-order valence-electron chi connectivity index (χ2n) is 5.92. The van der Waals surface area contributed by atoms with E-state index < -0.39 is 0 Å². The molecule has 2 atom stereocenters. The summed E-state index contributed by atoms with van der Waals surface area (Å²) in [6, 6.07) is 13.2. The van der Waals surface area contributed by atoms with Crippen LogP contribution in [0.25, 0.3) is 0 Å². The Balaban J connectivity index is 1.92. The van der Waals surface area contributed by atoms with Crippen LogP contribution in [0.15, 0.2) is 36.4 Å². The van der Waals surface area contributed by atoms with Gasteiger partial charge in [0, 0.05) is 24.6 Å². The first kappa shape index (κ1) is 15.3. The Labute approximate surface area is 137 Å². The van der Waals surface area contributed by atoms with Crippen LogP contribution in [0.1, 0.15) is 43.5 Å². The smallest absolute Gasteiger partial charge is 0.134 e. The molecule has 0 bridgehead atoms. The number of halogens is 1. The maximum Gasteiger partial charge on any atom is 0.134 e. The predicted octanol–water partition coefficient (Wildman–Crippen LogP) is 4.60. The van der Waals surface area contributed by atoms with Crippen molar-refractivity contribution in [3.05, 3.63) is 52.9 Å². The van der Waals surface area contributed by atoms with Crippen LogP contribution in [0, 0.1) is 6.92 Å². The van der Waals surface area contributed by atoms with Gasteiger partial charge in [0.15, 0.2) is 0 Å². The first-order valence-electron chi connectivity index (χ1n) is 8.02.